The first-order valence-corrected chi connectivity index (χ1v) is 11.8. The van der Waals surface area contributed by atoms with Crippen LogP contribution in [0.2, 0.25) is 0 Å². The molecule has 1 heterocycles. The largest absolute Gasteiger partial charge is 0.335 e. The van der Waals surface area contributed by atoms with Crippen molar-refractivity contribution in [3.63, 3.8) is 0 Å². The molecule has 6 heteroatoms. The van der Waals surface area contributed by atoms with E-state index in [1.54, 1.807) is 0 Å². The molecule has 5 aliphatic rings. The number of hydrogen-bond acceptors (Lipinski definition) is 3. The number of allylic oxidation sites excluding steroid dienone is 2. The van der Waals surface area contributed by atoms with Gasteiger partial charge in [-0.3, -0.25) is 14.5 Å². The Morgan fingerprint density at radius 1 is 0.903 bits per heavy atom. The van der Waals surface area contributed by atoms with Crippen molar-refractivity contribution in [2.24, 2.45) is 23.7 Å². The number of carbonyl (C=O) groups excluding carboxylic acids is 3. The van der Waals surface area contributed by atoms with Gasteiger partial charge in [-0.15, -0.1) is 0 Å². The van der Waals surface area contributed by atoms with Gasteiger partial charge in [0.1, 0.15) is 6.17 Å². The smallest absolute Gasteiger partial charge is 0.316 e. The molecule has 1 aromatic rings. The van der Waals surface area contributed by atoms with Gasteiger partial charge < -0.3 is 10.6 Å². The molecule has 31 heavy (non-hydrogen) atoms. The first-order valence-electron chi connectivity index (χ1n) is 11.8. The predicted octanol–water partition coefficient (Wildman–Crippen LogP) is 3.38. The average Bonchev–Trinajstić information content (AvgIpc) is 3.08. The van der Waals surface area contributed by atoms with Gasteiger partial charge in [0.05, 0.1) is 11.8 Å². The Morgan fingerprint density at radius 2 is 1.52 bits per heavy atom. The van der Waals surface area contributed by atoms with E-state index in [1.165, 1.54) is 11.3 Å². The number of nitrogens with zero attached hydrogens (tertiary/aromatic N) is 1. The average molecular weight is 422 g/mol. The number of carbonyl (C=O) groups is 3. The van der Waals surface area contributed by atoms with Crippen LogP contribution in [0.1, 0.15) is 50.5 Å². The number of rotatable bonds is 5. The van der Waals surface area contributed by atoms with E-state index < -0.39 is 6.17 Å². The van der Waals surface area contributed by atoms with Crippen LogP contribution < -0.4 is 10.6 Å². The molecule has 0 aromatic heterocycles. The Kier molecular flexibility index (Phi) is 5.55. The van der Waals surface area contributed by atoms with E-state index in [0.717, 1.165) is 44.1 Å². The molecule has 0 spiro atoms. The SMILES string of the molecule is O=C(NC1CCCCC1)NC(Cc1ccccc1)N1C(=O)C2C3C=CC(CC3)C2C1=O. The molecule has 2 saturated carbocycles. The summed E-state index contributed by atoms with van der Waals surface area (Å²) >= 11 is 0. The molecule has 6 rings (SSSR count). The summed E-state index contributed by atoms with van der Waals surface area (Å²) in [6.07, 6.45) is 11.4. The number of benzene rings is 1. The molecule has 2 bridgehead atoms. The van der Waals surface area contributed by atoms with E-state index >= 15 is 0 Å². The number of nitrogens with one attached hydrogen (secondary N) is 2. The van der Waals surface area contributed by atoms with Crippen molar-refractivity contribution in [3.8, 4) is 0 Å². The van der Waals surface area contributed by atoms with Gasteiger partial charge in [0.2, 0.25) is 11.8 Å². The summed E-state index contributed by atoms with van der Waals surface area (Å²) in [5.74, 6) is -0.480. The molecule has 1 saturated heterocycles. The van der Waals surface area contributed by atoms with Gasteiger partial charge in [-0.1, -0.05) is 61.7 Å². The van der Waals surface area contributed by atoms with Gasteiger partial charge in [0.15, 0.2) is 0 Å². The van der Waals surface area contributed by atoms with Gasteiger partial charge in [0.25, 0.3) is 0 Å². The van der Waals surface area contributed by atoms with Crippen molar-refractivity contribution in [3.05, 3.63) is 48.0 Å². The fourth-order valence-corrected chi connectivity index (χ4v) is 6.07. The lowest BCUT2D eigenvalue weighted by molar-refractivity contribution is -0.143. The van der Waals surface area contributed by atoms with E-state index in [9.17, 15) is 14.4 Å². The van der Waals surface area contributed by atoms with Crippen molar-refractivity contribution in [1.82, 2.24) is 15.5 Å². The quantitative estimate of drug-likeness (QED) is 0.565. The van der Waals surface area contributed by atoms with Crippen LogP contribution in [0, 0.1) is 23.7 Å². The fraction of sp³-hybridized carbons (Fsp3) is 0.560. The van der Waals surface area contributed by atoms with Crippen LogP contribution in [0.25, 0.3) is 0 Å². The first kappa shape index (κ1) is 20.3. The molecule has 6 nitrogen and oxygen atoms in total. The van der Waals surface area contributed by atoms with Gasteiger partial charge in [-0.2, -0.15) is 0 Å². The Hall–Kier alpha value is -2.63. The molecule has 1 aromatic carbocycles. The molecule has 5 atom stereocenters. The Bertz CT molecular complexity index is 845. The lowest BCUT2D eigenvalue weighted by atomic mass is 9.63. The third kappa shape index (κ3) is 3.88. The van der Waals surface area contributed by atoms with Crippen LogP contribution in [-0.2, 0) is 16.0 Å². The maximum absolute atomic E-state index is 13.4. The van der Waals surface area contributed by atoms with Crippen molar-refractivity contribution in [2.45, 2.75) is 63.6 Å². The maximum Gasteiger partial charge on any atom is 0.316 e. The van der Waals surface area contributed by atoms with Gasteiger partial charge in [-0.25, -0.2) is 4.79 Å². The number of imide groups is 1. The summed E-state index contributed by atoms with van der Waals surface area (Å²) in [5, 5.41) is 6.06. The summed E-state index contributed by atoms with van der Waals surface area (Å²) in [6.45, 7) is 0. The second-order valence-electron chi connectivity index (χ2n) is 9.55. The highest BCUT2D eigenvalue weighted by Crippen LogP contribution is 2.50. The second-order valence-corrected chi connectivity index (χ2v) is 9.55. The van der Waals surface area contributed by atoms with Crippen molar-refractivity contribution in [2.75, 3.05) is 0 Å². The third-order valence-corrected chi connectivity index (χ3v) is 7.62. The molecule has 4 aliphatic carbocycles. The van der Waals surface area contributed by atoms with E-state index in [2.05, 4.69) is 22.8 Å². The van der Waals surface area contributed by atoms with E-state index in [4.69, 9.17) is 0 Å². The lowest BCUT2D eigenvalue weighted by Crippen LogP contribution is -2.56. The van der Waals surface area contributed by atoms with E-state index in [1.807, 2.05) is 30.3 Å². The second kappa shape index (κ2) is 8.48. The number of hydrogen-bond donors (Lipinski definition) is 2. The zero-order chi connectivity index (χ0) is 21.4. The first-order chi connectivity index (χ1) is 15.1. The highest BCUT2D eigenvalue weighted by Gasteiger charge is 2.58. The monoisotopic (exact) mass is 421 g/mol. The molecule has 0 radical (unpaired) electrons. The van der Waals surface area contributed by atoms with Crippen molar-refractivity contribution < 1.29 is 14.4 Å². The molecule has 1 aliphatic heterocycles. The maximum atomic E-state index is 13.4. The third-order valence-electron chi connectivity index (χ3n) is 7.62. The normalized spacial score (nSPS) is 30.9. The minimum atomic E-state index is -0.670. The minimum Gasteiger partial charge on any atom is -0.335 e. The van der Waals surface area contributed by atoms with Gasteiger partial charge >= 0.3 is 6.03 Å². The zero-order valence-electron chi connectivity index (χ0n) is 17.8. The Labute approximate surface area is 183 Å². The number of urea groups is 1. The highest BCUT2D eigenvalue weighted by atomic mass is 16.2. The van der Waals surface area contributed by atoms with Crippen LogP contribution in [0.15, 0.2) is 42.5 Å². The summed E-state index contributed by atoms with van der Waals surface area (Å²) in [6, 6.07) is 9.63. The van der Waals surface area contributed by atoms with Gasteiger partial charge in [-0.05, 0) is 43.1 Å². The predicted molar refractivity (Wildman–Crippen MR) is 117 cm³/mol. The number of likely N-dealkylation sites (tertiary alicyclic amines) is 1. The van der Waals surface area contributed by atoms with Crippen LogP contribution in [0.3, 0.4) is 0 Å². The summed E-state index contributed by atoms with van der Waals surface area (Å²) in [5.41, 5.74) is 0.988. The number of fused-ring (bicyclic) bond motifs is 1. The van der Waals surface area contributed by atoms with Crippen molar-refractivity contribution >= 4 is 17.8 Å². The van der Waals surface area contributed by atoms with Gasteiger partial charge in [0, 0.05) is 12.5 Å². The molecule has 5 unspecified atom stereocenters. The molecule has 2 N–H and O–H groups in total. The fourth-order valence-electron chi connectivity index (χ4n) is 6.07. The van der Waals surface area contributed by atoms with Crippen LogP contribution in [0.5, 0.6) is 0 Å². The Morgan fingerprint density at radius 3 is 2.10 bits per heavy atom. The molecule has 164 valence electrons. The molecule has 4 amide bonds. The van der Waals surface area contributed by atoms with Crippen LogP contribution >= 0.6 is 0 Å². The van der Waals surface area contributed by atoms with Crippen molar-refractivity contribution in [1.29, 1.82) is 0 Å². The van der Waals surface area contributed by atoms with E-state index in [-0.39, 0.29) is 47.6 Å². The summed E-state index contributed by atoms with van der Waals surface area (Å²) in [4.78, 5) is 41.1. The molecule has 3 fully saturated rings. The summed E-state index contributed by atoms with van der Waals surface area (Å²) < 4.78 is 0. The Balaban J connectivity index is 1.37. The van der Waals surface area contributed by atoms with Crippen LogP contribution in [0.4, 0.5) is 4.79 Å². The van der Waals surface area contributed by atoms with Crippen LogP contribution in [-0.4, -0.2) is 35.0 Å². The highest BCUT2D eigenvalue weighted by molar-refractivity contribution is 6.06. The standard InChI is InChI=1S/C25H31N3O3/c29-23-21-17-11-12-18(14-13-17)22(21)24(30)28(23)20(15-16-7-3-1-4-8-16)27-25(31)26-19-9-5-2-6-10-19/h1,3-4,7-8,11-12,17-22H,2,5-6,9-10,13-15H2,(H2,26,27,31). The zero-order valence-corrected chi connectivity index (χ0v) is 17.8. The topological polar surface area (TPSA) is 78.5 Å². The minimum absolute atomic E-state index is 0.118. The summed E-state index contributed by atoms with van der Waals surface area (Å²) in [7, 11) is 0. The van der Waals surface area contributed by atoms with E-state index in [0.29, 0.717) is 6.42 Å². The molecular formula is C25H31N3O3. The number of amides is 4. The molecular weight excluding hydrogens is 390 g/mol. The lowest BCUT2D eigenvalue weighted by Gasteiger charge is -2.38.